The number of methoxy groups -OCH3 is 1. The SMILES string of the molecule is COc1ccc(-c2nc3ncc(Cl)c(N[C@H]4[C@@H](C(N)=O)[C@@H]5C=C[C@@H]4C5)c3[nH]2)c(C2CCN(C[C@@H](C)O)CC2)c1. The van der Waals surface area contributed by atoms with Crippen LogP contribution in [0.5, 0.6) is 5.75 Å². The van der Waals surface area contributed by atoms with Gasteiger partial charge in [0, 0.05) is 18.2 Å². The number of imidazole rings is 1. The Kier molecular flexibility index (Phi) is 6.99. The van der Waals surface area contributed by atoms with Crippen LogP contribution in [0.2, 0.25) is 5.02 Å². The van der Waals surface area contributed by atoms with E-state index >= 15 is 0 Å². The van der Waals surface area contributed by atoms with Gasteiger partial charge in [0.05, 0.1) is 36.0 Å². The van der Waals surface area contributed by atoms with Crippen LogP contribution in [-0.4, -0.2) is 69.8 Å². The molecule has 2 aromatic heterocycles. The molecule has 39 heavy (non-hydrogen) atoms. The molecule has 3 heterocycles. The number of aromatic nitrogens is 3. The van der Waals surface area contributed by atoms with Crippen LogP contribution in [0.15, 0.2) is 36.5 Å². The average molecular weight is 551 g/mol. The molecule has 3 aliphatic rings. The molecule has 1 amide bonds. The number of nitrogens with zero attached hydrogens (tertiary/aromatic N) is 3. The van der Waals surface area contributed by atoms with E-state index in [9.17, 15) is 9.90 Å². The number of nitrogens with two attached hydrogens (primary N) is 1. The Hall–Kier alpha value is -3.14. The van der Waals surface area contributed by atoms with Crippen LogP contribution >= 0.6 is 11.6 Å². The summed E-state index contributed by atoms with van der Waals surface area (Å²) in [5.74, 6) is 1.66. The van der Waals surface area contributed by atoms with Gasteiger partial charge in [-0.2, -0.15) is 0 Å². The van der Waals surface area contributed by atoms with Crippen LogP contribution in [-0.2, 0) is 4.79 Å². The summed E-state index contributed by atoms with van der Waals surface area (Å²) < 4.78 is 5.57. The van der Waals surface area contributed by atoms with Crippen molar-refractivity contribution < 1.29 is 14.6 Å². The van der Waals surface area contributed by atoms with Gasteiger partial charge in [0.1, 0.15) is 17.1 Å². The molecular formula is C29H35ClN6O3. The molecule has 9 nitrogen and oxygen atoms in total. The highest BCUT2D eigenvalue weighted by Gasteiger charge is 2.47. The van der Waals surface area contributed by atoms with Gasteiger partial charge < -0.3 is 30.8 Å². The number of carbonyl (C=O) groups is 1. The van der Waals surface area contributed by atoms with Gasteiger partial charge in [-0.05, 0) is 80.8 Å². The van der Waals surface area contributed by atoms with Gasteiger partial charge in [-0.25, -0.2) is 9.97 Å². The summed E-state index contributed by atoms with van der Waals surface area (Å²) in [6.07, 6.45) is 8.42. The third kappa shape index (κ3) is 4.88. The first kappa shape index (κ1) is 26.1. The molecule has 1 saturated heterocycles. The quantitative estimate of drug-likeness (QED) is 0.313. The number of carbonyl (C=O) groups excluding carboxylic acids is 1. The van der Waals surface area contributed by atoms with Crippen LogP contribution in [0.25, 0.3) is 22.6 Å². The van der Waals surface area contributed by atoms with Crippen LogP contribution in [0.1, 0.15) is 37.7 Å². The number of benzene rings is 1. The smallest absolute Gasteiger partial charge is 0.223 e. The largest absolute Gasteiger partial charge is 0.497 e. The minimum Gasteiger partial charge on any atom is -0.497 e. The topological polar surface area (TPSA) is 129 Å². The van der Waals surface area contributed by atoms with Crippen molar-refractivity contribution in [3.63, 3.8) is 0 Å². The standard InChI is InChI=1S/C29H35ClN6O3/c1-15(37)14-36-9-7-16(8-10-36)21-12-19(39-2)5-6-20(21)28-34-26-25(22(30)13-32-29(26)35-28)33-24-18-4-3-17(11-18)23(24)27(31)38/h3-6,12-13,15-18,23-24,37H,7-11,14H2,1-2H3,(H2,31,38)(H2,32,33,34,35)/t15-,17-,18-,23+,24-/m1/s1. The lowest BCUT2D eigenvalue weighted by Gasteiger charge is -2.33. The Morgan fingerprint density at radius 1 is 1.31 bits per heavy atom. The number of aliphatic hydroxyl groups is 1. The summed E-state index contributed by atoms with van der Waals surface area (Å²) >= 11 is 6.66. The van der Waals surface area contributed by atoms with E-state index in [0.29, 0.717) is 40.2 Å². The molecule has 10 heteroatoms. The number of pyridine rings is 1. The van der Waals surface area contributed by atoms with Crippen molar-refractivity contribution in [1.29, 1.82) is 0 Å². The van der Waals surface area contributed by atoms with Gasteiger partial charge in [0.2, 0.25) is 5.91 Å². The van der Waals surface area contributed by atoms with Gasteiger partial charge in [-0.1, -0.05) is 23.8 Å². The molecule has 2 bridgehead atoms. The van der Waals surface area contributed by atoms with Crippen molar-refractivity contribution in [2.45, 2.75) is 44.2 Å². The summed E-state index contributed by atoms with van der Waals surface area (Å²) in [4.78, 5) is 27.5. The predicted octanol–water partition coefficient (Wildman–Crippen LogP) is 3.94. The van der Waals surface area contributed by atoms with Crippen LogP contribution in [0.3, 0.4) is 0 Å². The number of nitrogens with one attached hydrogen (secondary N) is 2. The number of primary amides is 1. The average Bonchev–Trinajstić information content (AvgIpc) is 3.65. The Bertz CT molecular complexity index is 1410. The molecule has 5 atom stereocenters. The first-order valence-corrected chi connectivity index (χ1v) is 14.1. The number of rotatable bonds is 8. The third-order valence-corrected chi connectivity index (χ3v) is 8.92. The number of aliphatic hydroxyl groups excluding tert-OH is 1. The molecule has 1 aromatic carbocycles. The minimum absolute atomic E-state index is 0.129. The first-order valence-electron chi connectivity index (χ1n) is 13.7. The van der Waals surface area contributed by atoms with Gasteiger partial charge in [-0.15, -0.1) is 0 Å². The fourth-order valence-electron chi connectivity index (χ4n) is 6.80. The molecule has 0 unspecified atom stereocenters. The molecule has 206 valence electrons. The van der Waals surface area contributed by atoms with Crippen LogP contribution in [0.4, 0.5) is 5.69 Å². The van der Waals surface area contributed by atoms with E-state index in [0.717, 1.165) is 43.7 Å². The van der Waals surface area contributed by atoms with Gasteiger partial charge >= 0.3 is 0 Å². The maximum Gasteiger partial charge on any atom is 0.223 e. The maximum atomic E-state index is 12.3. The van der Waals surface area contributed by atoms with E-state index in [2.05, 4.69) is 38.4 Å². The number of β-amino-alcohol motifs (C(OH)–C–C–N with tert-alkyl or cyclic N) is 1. The van der Waals surface area contributed by atoms with E-state index in [1.54, 1.807) is 13.3 Å². The highest BCUT2D eigenvalue weighted by atomic mass is 35.5. The third-order valence-electron chi connectivity index (χ3n) is 8.64. The summed E-state index contributed by atoms with van der Waals surface area (Å²) in [6.45, 7) is 4.38. The second-order valence-corrected chi connectivity index (χ2v) is 11.6. The van der Waals surface area contributed by atoms with E-state index < -0.39 is 0 Å². The minimum atomic E-state index is -0.333. The monoisotopic (exact) mass is 550 g/mol. The molecule has 0 spiro atoms. The Labute approximate surface area is 232 Å². The molecule has 6 rings (SSSR count). The Balaban J connectivity index is 1.34. The molecule has 2 aliphatic carbocycles. The normalized spacial score (nSPS) is 25.8. The van der Waals surface area contributed by atoms with Crippen molar-refractivity contribution in [3.05, 3.63) is 47.1 Å². The first-order chi connectivity index (χ1) is 18.8. The number of hydrogen-bond donors (Lipinski definition) is 4. The molecular weight excluding hydrogens is 516 g/mol. The number of fused-ring (bicyclic) bond motifs is 3. The number of halogens is 1. The zero-order valence-electron chi connectivity index (χ0n) is 22.2. The molecule has 0 radical (unpaired) electrons. The molecule has 1 saturated carbocycles. The van der Waals surface area contributed by atoms with E-state index in [1.807, 2.05) is 19.1 Å². The van der Waals surface area contributed by atoms with Gasteiger partial charge in [0.25, 0.3) is 0 Å². The Morgan fingerprint density at radius 2 is 2.08 bits per heavy atom. The molecule has 1 aliphatic heterocycles. The highest BCUT2D eigenvalue weighted by molar-refractivity contribution is 6.34. The second kappa shape index (κ2) is 10.4. The van der Waals surface area contributed by atoms with Gasteiger partial charge in [0.15, 0.2) is 5.65 Å². The van der Waals surface area contributed by atoms with E-state index in [4.69, 9.17) is 27.1 Å². The number of piperidine rings is 1. The number of hydrogen-bond acceptors (Lipinski definition) is 7. The lowest BCUT2D eigenvalue weighted by Crippen LogP contribution is -2.41. The number of anilines is 1. The van der Waals surface area contributed by atoms with Crippen molar-refractivity contribution in [2.75, 3.05) is 32.1 Å². The van der Waals surface area contributed by atoms with E-state index in [-0.39, 0.29) is 35.8 Å². The highest BCUT2D eigenvalue weighted by Crippen LogP contribution is 2.46. The van der Waals surface area contributed by atoms with E-state index in [1.165, 1.54) is 5.56 Å². The van der Waals surface area contributed by atoms with Crippen LogP contribution < -0.4 is 15.8 Å². The summed E-state index contributed by atoms with van der Waals surface area (Å²) in [5, 5.41) is 13.8. The number of allylic oxidation sites excluding steroid dienone is 1. The zero-order valence-corrected chi connectivity index (χ0v) is 23.0. The molecule has 5 N–H and O–H groups in total. The van der Waals surface area contributed by atoms with Crippen LogP contribution in [0, 0.1) is 17.8 Å². The van der Waals surface area contributed by atoms with Crippen molar-refractivity contribution in [1.82, 2.24) is 19.9 Å². The predicted molar refractivity (Wildman–Crippen MR) is 152 cm³/mol. The van der Waals surface area contributed by atoms with Crippen molar-refractivity contribution >= 4 is 34.4 Å². The lowest BCUT2D eigenvalue weighted by atomic mass is 9.86. The number of likely N-dealkylation sites (tertiary alicyclic amines) is 1. The maximum absolute atomic E-state index is 12.3. The summed E-state index contributed by atoms with van der Waals surface area (Å²) in [5.41, 5.74) is 9.94. The number of aromatic amines is 1. The zero-order chi connectivity index (χ0) is 27.3. The number of ether oxygens (including phenoxy) is 1. The molecule has 2 fully saturated rings. The summed E-state index contributed by atoms with van der Waals surface area (Å²) in [7, 11) is 1.68. The second-order valence-electron chi connectivity index (χ2n) is 11.2. The lowest BCUT2D eigenvalue weighted by molar-refractivity contribution is -0.122. The van der Waals surface area contributed by atoms with Gasteiger partial charge in [-0.3, -0.25) is 4.79 Å². The summed E-state index contributed by atoms with van der Waals surface area (Å²) in [6, 6.07) is 5.98. The number of amides is 1. The number of H-pyrrole nitrogens is 1. The molecule has 3 aromatic rings. The van der Waals surface area contributed by atoms with Crippen molar-refractivity contribution in [2.24, 2.45) is 23.5 Å². The Morgan fingerprint density at radius 3 is 2.79 bits per heavy atom. The fourth-order valence-corrected chi connectivity index (χ4v) is 7.00. The fraction of sp³-hybridized carbons (Fsp3) is 0.483. The van der Waals surface area contributed by atoms with Crippen molar-refractivity contribution in [3.8, 4) is 17.1 Å².